The number of hydrogen-bond acceptors (Lipinski definition) is 2. The lowest BCUT2D eigenvalue weighted by atomic mass is 9.96. The van der Waals surface area contributed by atoms with Gasteiger partial charge in [0.15, 0.2) is 0 Å². The molecule has 0 saturated carbocycles. The first-order valence-corrected chi connectivity index (χ1v) is 7.16. The molecule has 1 heterocycles. The van der Waals surface area contributed by atoms with Gasteiger partial charge in [0.25, 0.3) is 0 Å². The molecule has 19 heavy (non-hydrogen) atoms. The number of benzene rings is 2. The van der Waals surface area contributed by atoms with Crippen LogP contribution in [-0.2, 0) is 4.79 Å². The van der Waals surface area contributed by atoms with Gasteiger partial charge < -0.3 is 5.73 Å². The molecular weight excluding hydrogens is 254 g/mol. The highest BCUT2D eigenvalue weighted by Crippen LogP contribution is 2.35. The summed E-state index contributed by atoms with van der Waals surface area (Å²) in [6.45, 7) is 2.04. The van der Waals surface area contributed by atoms with E-state index >= 15 is 0 Å². The van der Waals surface area contributed by atoms with E-state index in [0.29, 0.717) is 6.42 Å². The molecular formula is C16H15NOS. The van der Waals surface area contributed by atoms with Crippen LogP contribution in [0.1, 0.15) is 24.8 Å². The van der Waals surface area contributed by atoms with E-state index in [4.69, 9.17) is 5.73 Å². The van der Waals surface area contributed by atoms with Crippen LogP contribution in [0, 0.1) is 0 Å². The van der Waals surface area contributed by atoms with Crippen LogP contribution in [0.5, 0.6) is 0 Å². The van der Waals surface area contributed by atoms with Crippen molar-refractivity contribution in [1.29, 1.82) is 0 Å². The summed E-state index contributed by atoms with van der Waals surface area (Å²) in [6.07, 6.45) is 0.396. The minimum absolute atomic E-state index is 0.167. The molecule has 0 fully saturated rings. The van der Waals surface area contributed by atoms with Gasteiger partial charge in [0.2, 0.25) is 5.91 Å². The van der Waals surface area contributed by atoms with Gasteiger partial charge in [0.05, 0.1) is 0 Å². The fourth-order valence-electron chi connectivity index (χ4n) is 2.47. The topological polar surface area (TPSA) is 43.1 Å². The fourth-order valence-corrected chi connectivity index (χ4v) is 3.56. The predicted molar refractivity (Wildman–Crippen MR) is 81.6 cm³/mol. The highest BCUT2D eigenvalue weighted by Gasteiger charge is 2.11. The predicted octanol–water partition coefficient (Wildman–Crippen LogP) is 4.03. The normalized spacial score (nSPS) is 12.9. The number of nitrogens with two attached hydrogens (primary N) is 1. The molecule has 0 spiro atoms. The van der Waals surface area contributed by atoms with Gasteiger partial charge in [0, 0.05) is 26.6 Å². The molecule has 0 saturated heterocycles. The van der Waals surface area contributed by atoms with Crippen LogP contribution in [0.2, 0.25) is 0 Å². The number of primary amides is 1. The molecule has 2 N–H and O–H groups in total. The number of hydrogen-bond donors (Lipinski definition) is 1. The van der Waals surface area contributed by atoms with E-state index in [2.05, 4.69) is 42.5 Å². The zero-order chi connectivity index (χ0) is 13.4. The Kier molecular flexibility index (Phi) is 2.99. The molecule has 3 aromatic rings. The Balaban J connectivity index is 2.13. The maximum Gasteiger partial charge on any atom is 0.218 e. The van der Waals surface area contributed by atoms with E-state index in [-0.39, 0.29) is 11.8 Å². The van der Waals surface area contributed by atoms with Crippen LogP contribution >= 0.6 is 11.3 Å². The van der Waals surface area contributed by atoms with Crippen LogP contribution in [0.15, 0.2) is 42.5 Å². The zero-order valence-electron chi connectivity index (χ0n) is 10.7. The van der Waals surface area contributed by atoms with E-state index in [1.54, 1.807) is 11.3 Å². The molecule has 0 radical (unpaired) electrons. The summed E-state index contributed by atoms with van der Waals surface area (Å²) in [7, 11) is 0. The third-order valence-electron chi connectivity index (χ3n) is 3.48. The largest absolute Gasteiger partial charge is 0.370 e. The lowest BCUT2D eigenvalue weighted by molar-refractivity contribution is -0.118. The quantitative estimate of drug-likeness (QED) is 0.766. The number of amides is 1. The monoisotopic (exact) mass is 269 g/mol. The molecule has 1 amide bonds. The van der Waals surface area contributed by atoms with Gasteiger partial charge in [-0.3, -0.25) is 4.79 Å². The van der Waals surface area contributed by atoms with Crippen molar-refractivity contribution in [3.05, 3.63) is 48.0 Å². The molecule has 3 heteroatoms. The molecule has 2 aromatic carbocycles. The minimum Gasteiger partial charge on any atom is -0.370 e. The molecule has 0 aliphatic rings. The SMILES string of the molecule is CC(CC(N)=O)c1ccc2sc3ccccc3c2c1. The fraction of sp³-hybridized carbons (Fsp3) is 0.188. The average Bonchev–Trinajstić information content (AvgIpc) is 2.75. The van der Waals surface area contributed by atoms with Crippen molar-refractivity contribution in [3.8, 4) is 0 Å². The number of thiophene rings is 1. The van der Waals surface area contributed by atoms with E-state index in [1.165, 1.54) is 25.7 Å². The molecule has 1 atom stereocenters. The summed E-state index contributed by atoms with van der Waals surface area (Å²) in [5.74, 6) is -0.0802. The Bertz CT molecular complexity index is 760. The summed E-state index contributed by atoms with van der Waals surface area (Å²) in [4.78, 5) is 11.0. The van der Waals surface area contributed by atoms with E-state index < -0.39 is 0 Å². The third-order valence-corrected chi connectivity index (χ3v) is 4.63. The van der Waals surface area contributed by atoms with Crippen molar-refractivity contribution < 1.29 is 4.79 Å². The number of rotatable bonds is 3. The molecule has 96 valence electrons. The van der Waals surface area contributed by atoms with Crippen LogP contribution in [0.3, 0.4) is 0 Å². The molecule has 1 unspecified atom stereocenters. The Morgan fingerprint density at radius 1 is 1.16 bits per heavy atom. The minimum atomic E-state index is -0.247. The van der Waals surface area contributed by atoms with Crippen molar-refractivity contribution >= 4 is 37.4 Å². The molecule has 3 rings (SSSR count). The lowest BCUT2D eigenvalue weighted by Gasteiger charge is -2.09. The number of carbonyl (C=O) groups is 1. The maximum absolute atomic E-state index is 11.0. The van der Waals surface area contributed by atoms with Crippen molar-refractivity contribution in [2.24, 2.45) is 5.73 Å². The van der Waals surface area contributed by atoms with Crippen molar-refractivity contribution in [2.75, 3.05) is 0 Å². The number of fused-ring (bicyclic) bond motifs is 3. The second-order valence-corrected chi connectivity index (χ2v) is 6.01. The molecule has 0 aliphatic heterocycles. The first kappa shape index (κ1) is 12.2. The van der Waals surface area contributed by atoms with Crippen LogP contribution < -0.4 is 5.73 Å². The second kappa shape index (κ2) is 4.67. The van der Waals surface area contributed by atoms with Gasteiger partial charge >= 0.3 is 0 Å². The summed E-state index contributed by atoms with van der Waals surface area (Å²) < 4.78 is 2.59. The van der Waals surface area contributed by atoms with Gasteiger partial charge in [-0.1, -0.05) is 31.2 Å². The first-order valence-electron chi connectivity index (χ1n) is 6.34. The summed E-state index contributed by atoms with van der Waals surface area (Å²) in [5, 5.41) is 2.56. The van der Waals surface area contributed by atoms with Gasteiger partial charge in [0.1, 0.15) is 0 Å². The lowest BCUT2D eigenvalue weighted by Crippen LogP contribution is -2.13. The van der Waals surface area contributed by atoms with Crippen LogP contribution in [-0.4, -0.2) is 5.91 Å². The summed E-state index contributed by atoms with van der Waals surface area (Å²) in [6, 6.07) is 14.9. The standard InChI is InChI=1S/C16H15NOS/c1-10(8-16(17)18)11-6-7-15-13(9-11)12-4-2-3-5-14(12)19-15/h2-7,9-10H,8H2,1H3,(H2,17,18). The Morgan fingerprint density at radius 2 is 1.89 bits per heavy atom. The van der Waals surface area contributed by atoms with Crippen molar-refractivity contribution in [3.63, 3.8) is 0 Å². The Labute approximate surface area is 115 Å². The molecule has 0 bridgehead atoms. The van der Waals surface area contributed by atoms with Crippen LogP contribution in [0.4, 0.5) is 0 Å². The maximum atomic E-state index is 11.0. The van der Waals surface area contributed by atoms with Crippen molar-refractivity contribution in [1.82, 2.24) is 0 Å². The Hall–Kier alpha value is -1.87. The van der Waals surface area contributed by atoms with E-state index in [0.717, 1.165) is 0 Å². The second-order valence-electron chi connectivity index (χ2n) is 4.93. The summed E-state index contributed by atoms with van der Waals surface area (Å²) >= 11 is 1.80. The van der Waals surface area contributed by atoms with Gasteiger partial charge in [-0.2, -0.15) is 0 Å². The highest BCUT2D eigenvalue weighted by molar-refractivity contribution is 7.25. The molecule has 2 nitrogen and oxygen atoms in total. The first-order chi connectivity index (χ1) is 9.15. The third kappa shape index (κ3) is 2.22. The highest BCUT2D eigenvalue weighted by atomic mass is 32.1. The van der Waals surface area contributed by atoms with E-state index in [9.17, 15) is 4.79 Å². The van der Waals surface area contributed by atoms with Crippen molar-refractivity contribution in [2.45, 2.75) is 19.3 Å². The average molecular weight is 269 g/mol. The van der Waals surface area contributed by atoms with Gasteiger partial charge in [-0.15, -0.1) is 11.3 Å². The smallest absolute Gasteiger partial charge is 0.218 e. The molecule has 1 aromatic heterocycles. The Morgan fingerprint density at radius 3 is 2.68 bits per heavy atom. The molecule has 0 aliphatic carbocycles. The zero-order valence-corrected chi connectivity index (χ0v) is 11.5. The van der Waals surface area contributed by atoms with Gasteiger partial charge in [-0.05, 0) is 29.7 Å². The van der Waals surface area contributed by atoms with E-state index in [1.807, 2.05) is 6.92 Å². The summed E-state index contributed by atoms with van der Waals surface area (Å²) in [5.41, 5.74) is 6.45. The van der Waals surface area contributed by atoms with Gasteiger partial charge in [-0.25, -0.2) is 0 Å². The number of carbonyl (C=O) groups excluding carboxylic acids is 1. The van der Waals surface area contributed by atoms with Crippen LogP contribution in [0.25, 0.3) is 20.2 Å².